The van der Waals surface area contributed by atoms with Crippen molar-refractivity contribution in [3.05, 3.63) is 0 Å². The van der Waals surface area contributed by atoms with Crippen molar-refractivity contribution in [2.24, 2.45) is 0 Å². The highest BCUT2D eigenvalue weighted by Crippen LogP contribution is 2.24. The zero-order valence-electron chi connectivity index (χ0n) is 16.3. The summed E-state index contributed by atoms with van der Waals surface area (Å²) < 4.78 is 10.8. The van der Waals surface area contributed by atoms with E-state index in [-0.39, 0.29) is 49.0 Å². The minimum atomic E-state index is -1.56. The van der Waals surface area contributed by atoms with Crippen molar-refractivity contribution in [1.82, 2.24) is 0 Å². The van der Waals surface area contributed by atoms with E-state index in [0.29, 0.717) is 12.8 Å². The van der Waals surface area contributed by atoms with Gasteiger partial charge in [-0.3, -0.25) is 9.59 Å². The molecule has 2 unspecified atom stereocenters. The third-order valence-corrected chi connectivity index (χ3v) is 5.40. The van der Waals surface area contributed by atoms with Gasteiger partial charge in [-0.15, -0.1) is 25.3 Å². The van der Waals surface area contributed by atoms with Crippen molar-refractivity contribution in [2.75, 3.05) is 13.2 Å². The SMILES string of the molecule is CCCCC(O)(CC(=O)S)C(=S)OCCOC(=S)C(O)(CCCC)CC(=O)S. The summed E-state index contributed by atoms with van der Waals surface area (Å²) in [5.41, 5.74) is -3.13. The van der Waals surface area contributed by atoms with E-state index in [1.54, 1.807) is 0 Å². The molecule has 0 aromatic rings. The molecule has 0 fully saturated rings. The average Bonchev–Trinajstić information content (AvgIpc) is 2.60. The van der Waals surface area contributed by atoms with Gasteiger partial charge >= 0.3 is 0 Å². The first-order valence-electron chi connectivity index (χ1n) is 9.23. The number of unbranched alkanes of at least 4 members (excludes halogenated alkanes) is 2. The number of ether oxygens (including phenoxy) is 2. The normalized spacial score (nSPS) is 15.2. The quantitative estimate of drug-likeness (QED) is 0.165. The Morgan fingerprint density at radius 2 is 1.14 bits per heavy atom. The molecule has 0 heterocycles. The van der Waals surface area contributed by atoms with Crippen LogP contribution >= 0.6 is 49.7 Å². The summed E-state index contributed by atoms with van der Waals surface area (Å²) >= 11 is 17.7. The Balaban J connectivity index is 4.70. The van der Waals surface area contributed by atoms with Gasteiger partial charge < -0.3 is 19.7 Å². The van der Waals surface area contributed by atoms with Gasteiger partial charge in [0.05, 0.1) is 12.8 Å². The number of carbonyl (C=O) groups excluding carboxylic acids is 2. The first-order valence-corrected chi connectivity index (χ1v) is 10.9. The summed E-state index contributed by atoms with van der Waals surface area (Å²) in [6.45, 7) is 3.84. The van der Waals surface area contributed by atoms with Crippen molar-refractivity contribution >= 4 is 70.0 Å². The molecular formula is C18H30O6S4. The molecule has 0 spiro atoms. The summed E-state index contributed by atoms with van der Waals surface area (Å²) in [6.07, 6.45) is 3.08. The Kier molecular flexibility index (Phi) is 13.7. The van der Waals surface area contributed by atoms with E-state index in [2.05, 4.69) is 25.3 Å². The molecule has 6 nitrogen and oxygen atoms in total. The number of carbonyl (C=O) groups is 2. The first kappa shape index (κ1) is 27.7. The molecule has 0 radical (unpaired) electrons. The van der Waals surface area contributed by atoms with E-state index < -0.39 is 21.4 Å². The zero-order chi connectivity index (χ0) is 21.8. The Labute approximate surface area is 188 Å². The smallest absolute Gasteiger partial charge is 0.192 e. The minimum absolute atomic E-state index is 0.0349. The van der Waals surface area contributed by atoms with Crippen LogP contribution in [-0.2, 0) is 19.1 Å². The van der Waals surface area contributed by atoms with Gasteiger partial charge in [0, 0.05) is 0 Å². The summed E-state index contributed by atoms with van der Waals surface area (Å²) in [6, 6.07) is 0. The van der Waals surface area contributed by atoms with E-state index in [1.807, 2.05) is 13.8 Å². The third kappa shape index (κ3) is 10.5. The summed E-state index contributed by atoms with van der Waals surface area (Å²) in [4.78, 5) is 22.6. The maximum atomic E-state index is 11.3. The molecule has 0 aliphatic rings. The molecule has 0 aromatic heterocycles. The van der Waals surface area contributed by atoms with Gasteiger partial charge in [0.2, 0.25) is 0 Å². The van der Waals surface area contributed by atoms with Crippen molar-refractivity contribution < 1.29 is 29.3 Å². The fraction of sp³-hybridized carbons (Fsp3) is 0.778. The van der Waals surface area contributed by atoms with Crippen molar-refractivity contribution in [3.8, 4) is 0 Å². The lowest BCUT2D eigenvalue weighted by atomic mass is 9.94. The van der Waals surface area contributed by atoms with E-state index >= 15 is 0 Å². The molecule has 162 valence electrons. The van der Waals surface area contributed by atoms with Crippen LogP contribution < -0.4 is 0 Å². The van der Waals surface area contributed by atoms with Crippen LogP contribution in [0.4, 0.5) is 0 Å². The molecule has 28 heavy (non-hydrogen) atoms. The number of rotatable bonds is 15. The predicted octanol–water partition coefficient (Wildman–Crippen LogP) is 3.21. The molecule has 0 amide bonds. The minimum Gasteiger partial charge on any atom is -0.481 e. The zero-order valence-corrected chi connectivity index (χ0v) is 19.7. The Morgan fingerprint density at radius 3 is 1.39 bits per heavy atom. The third-order valence-electron chi connectivity index (χ3n) is 4.08. The molecule has 0 aliphatic heterocycles. The molecule has 0 aromatic carbocycles. The molecular weight excluding hydrogens is 440 g/mol. The van der Waals surface area contributed by atoms with Gasteiger partial charge in [0.15, 0.2) is 20.3 Å². The fourth-order valence-corrected chi connectivity index (χ4v) is 3.54. The highest BCUT2D eigenvalue weighted by Gasteiger charge is 2.36. The van der Waals surface area contributed by atoms with E-state index in [9.17, 15) is 19.8 Å². The largest absolute Gasteiger partial charge is 0.481 e. The van der Waals surface area contributed by atoms with Gasteiger partial charge in [-0.1, -0.05) is 39.5 Å². The number of hydrogen-bond acceptors (Lipinski definition) is 8. The van der Waals surface area contributed by atoms with Crippen LogP contribution in [-0.4, -0.2) is 55.0 Å². The number of aliphatic hydroxyl groups is 2. The standard InChI is InChI=1S/C18H30O6S4/c1-3-5-7-17(21,11-13(19)25)15(27)23-9-10-24-16(28)18(22,8-6-4-2)12-14(20)26/h21-22H,3-12H2,1-2H3,(H,19,25)(H,20,26). The number of hydrogen-bond donors (Lipinski definition) is 4. The maximum absolute atomic E-state index is 11.3. The highest BCUT2D eigenvalue weighted by molar-refractivity contribution is 7.96. The van der Waals surface area contributed by atoms with Crippen LogP contribution in [0.25, 0.3) is 0 Å². The van der Waals surface area contributed by atoms with Crippen molar-refractivity contribution in [1.29, 1.82) is 0 Å². The second-order valence-electron chi connectivity index (χ2n) is 6.68. The Bertz CT molecular complexity index is 508. The van der Waals surface area contributed by atoms with Crippen LogP contribution in [0.1, 0.15) is 65.2 Å². The lowest BCUT2D eigenvalue weighted by Crippen LogP contribution is -2.42. The van der Waals surface area contributed by atoms with E-state index in [0.717, 1.165) is 12.8 Å². The van der Waals surface area contributed by atoms with E-state index in [4.69, 9.17) is 33.9 Å². The van der Waals surface area contributed by atoms with E-state index in [1.165, 1.54) is 0 Å². The van der Waals surface area contributed by atoms with Gasteiger partial charge in [0.1, 0.15) is 24.4 Å². The lowest BCUT2D eigenvalue weighted by molar-refractivity contribution is -0.115. The molecule has 0 rings (SSSR count). The van der Waals surface area contributed by atoms with Crippen LogP contribution in [0.5, 0.6) is 0 Å². The fourth-order valence-electron chi connectivity index (χ4n) is 2.50. The van der Waals surface area contributed by atoms with Crippen LogP contribution in [0.2, 0.25) is 0 Å². The first-order chi connectivity index (χ1) is 13.0. The summed E-state index contributed by atoms with van der Waals surface area (Å²) in [7, 11) is 0. The summed E-state index contributed by atoms with van der Waals surface area (Å²) in [5, 5.41) is 20.1. The van der Waals surface area contributed by atoms with Crippen LogP contribution in [0, 0.1) is 0 Å². The predicted molar refractivity (Wildman–Crippen MR) is 123 cm³/mol. The average molecular weight is 471 g/mol. The molecule has 0 aliphatic carbocycles. The maximum Gasteiger partial charge on any atom is 0.192 e. The van der Waals surface area contributed by atoms with Crippen LogP contribution in [0.3, 0.4) is 0 Å². The monoisotopic (exact) mass is 470 g/mol. The Hall–Kier alpha value is -0.260. The van der Waals surface area contributed by atoms with Gasteiger partial charge in [0.25, 0.3) is 0 Å². The second kappa shape index (κ2) is 13.9. The molecule has 2 N–H and O–H groups in total. The summed E-state index contributed by atoms with van der Waals surface area (Å²) in [5.74, 6) is 0. The second-order valence-corrected chi connectivity index (χ2v) is 8.42. The van der Waals surface area contributed by atoms with Crippen LogP contribution in [0.15, 0.2) is 0 Å². The molecule has 0 saturated heterocycles. The molecule has 2 atom stereocenters. The Morgan fingerprint density at radius 1 is 0.821 bits per heavy atom. The number of thiol groups is 2. The van der Waals surface area contributed by atoms with Gasteiger partial charge in [-0.2, -0.15) is 0 Å². The lowest BCUT2D eigenvalue weighted by Gasteiger charge is -2.29. The van der Waals surface area contributed by atoms with Crippen molar-refractivity contribution in [2.45, 2.75) is 76.4 Å². The van der Waals surface area contributed by atoms with Gasteiger partial charge in [-0.05, 0) is 37.3 Å². The molecule has 0 saturated carbocycles. The molecule has 10 heteroatoms. The van der Waals surface area contributed by atoms with Gasteiger partial charge in [-0.25, -0.2) is 0 Å². The van der Waals surface area contributed by atoms with Crippen molar-refractivity contribution in [3.63, 3.8) is 0 Å². The molecule has 0 bridgehead atoms. The topological polar surface area (TPSA) is 93.1 Å². The number of thiocarbonyl (C=S) groups is 2. The highest BCUT2D eigenvalue weighted by atomic mass is 32.1.